The van der Waals surface area contributed by atoms with Gasteiger partial charge in [0.2, 0.25) is 0 Å². The molecular weight excluding hydrogens is 172 g/mol. The van der Waals surface area contributed by atoms with Gasteiger partial charge < -0.3 is 0 Å². The Morgan fingerprint density at radius 3 is 3.08 bits per heavy atom. The van der Waals surface area contributed by atoms with Gasteiger partial charge in [-0.15, -0.1) is 10.2 Å². The van der Waals surface area contributed by atoms with E-state index in [2.05, 4.69) is 10.2 Å². The highest BCUT2D eigenvalue weighted by molar-refractivity contribution is 5.50. The maximum atomic E-state index is 10.5. The van der Waals surface area contributed by atoms with Crippen LogP contribution in [0.3, 0.4) is 0 Å². The van der Waals surface area contributed by atoms with Crippen molar-refractivity contribution in [2.45, 2.75) is 6.92 Å². The molecule has 0 bridgehead atoms. The second kappa shape index (κ2) is 2.51. The highest BCUT2D eigenvalue weighted by Gasteiger charge is 2.11. The molecule has 6 heteroatoms. The molecule has 2 aromatic rings. The summed E-state index contributed by atoms with van der Waals surface area (Å²) in [7, 11) is 0. The van der Waals surface area contributed by atoms with Crippen LogP contribution in [0.25, 0.3) is 5.65 Å². The van der Waals surface area contributed by atoms with Gasteiger partial charge in [0, 0.05) is 11.8 Å². The van der Waals surface area contributed by atoms with Crippen molar-refractivity contribution in [3.05, 3.63) is 34.3 Å². The van der Waals surface area contributed by atoms with Gasteiger partial charge in [-0.25, -0.2) is 0 Å². The molecule has 2 aromatic heterocycles. The third kappa shape index (κ3) is 1.12. The molecule has 0 aliphatic carbocycles. The summed E-state index contributed by atoms with van der Waals surface area (Å²) in [5, 5.41) is 17.9. The molecule has 0 aliphatic heterocycles. The summed E-state index contributed by atoms with van der Waals surface area (Å²) in [6.07, 6.45) is 3.14. The molecule has 0 saturated heterocycles. The molecule has 0 spiro atoms. The van der Waals surface area contributed by atoms with E-state index in [0.29, 0.717) is 11.2 Å². The minimum atomic E-state index is -0.427. The zero-order chi connectivity index (χ0) is 9.42. The summed E-state index contributed by atoms with van der Waals surface area (Å²) in [5.74, 6) is 0. The highest BCUT2D eigenvalue weighted by Crippen LogP contribution is 2.18. The molecule has 66 valence electrons. The lowest BCUT2D eigenvalue weighted by Gasteiger charge is -1.96. The summed E-state index contributed by atoms with van der Waals surface area (Å²) < 4.78 is 1.64. The largest absolute Gasteiger partial charge is 0.288 e. The average molecular weight is 178 g/mol. The molecule has 0 unspecified atom stereocenters. The van der Waals surface area contributed by atoms with E-state index in [4.69, 9.17) is 0 Å². The van der Waals surface area contributed by atoms with Crippen LogP contribution in [0.2, 0.25) is 0 Å². The van der Waals surface area contributed by atoms with E-state index in [9.17, 15) is 10.1 Å². The lowest BCUT2D eigenvalue weighted by molar-refractivity contribution is -0.385. The number of pyridine rings is 1. The fraction of sp³-hybridized carbons (Fsp3) is 0.143. The molecule has 2 rings (SSSR count). The molecule has 0 N–H and O–H groups in total. The first-order chi connectivity index (χ1) is 6.18. The molecule has 2 heterocycles. The summed E-state index contributed by atoms with van der Waals surface area (Å²) in [6.45, 7) is 1.68. The van der Waals surface area contributed by atoms with Gasteiger partial charge in [-0.05, 0) is 6.92 Å². The topological polar surface area (TPSA) is 73.3 Å². The van der Waals surface area contributed by atoms with E-state index in [1.807, 2.05) is 0 Å². The summed E-state index contributed by atoms with van der Waals surface area (Å²) >= 11 is 0. The Kier molecular flexibility index (Phi) is 1.48. The second-order valence-corrected chi connectivity index (χ2v) is 2.70. The van der Waals surface area contributed by atoms with Crippen LogP contribution < -0.4 is 0 Å². The molecular formula is C7H6N4O2. The smallest absolute Gasteiger partial charge is 0.277 e. The van der Waals surface area contributed by atoms with Gasteiger partial charge in [-0.2, -0.15) is 0 Å². The molecule has 0 amide bonds. The molecule has 13 heavy (non-hydrogen) atoms. The quantitative estimate of drug-likeness (QED) is 0.481. The van der Waals surface area contributed by atoms with Crippen molar-refractivity contribution in [2.75, 3.05) is 0 Å². The van der Waals surface area contributed by atoms with Crippen LogP contribution in [0.1, 0.15) is 5.56 Å². The normalized spacial score (nSPS) is 10.5. The van der Waals surface area contributed by atoms with E-state index in [1.54, 1.807) is 17.5 Å². The van der Waals surface area contributed by atoms with E-state index >= 15 is 0 Å². The number of nitrogens with zero attached hydrogens (tertiary/aromatic N) is 4. The Labute approximate surface area is 73.0 Å². The third-order valence-electron chi connectivity index (χ3n) is 1.80. The Morgan fingerprint density at radius 2 is 2.38 bits per heavy atom. The molecule has 0 saturated carbocycles. The van der Waals surface area contributed by atoms with Gasteiger partial charge >= 0.3 is 0 Å². The van der Waals surface area contributed by atoms with E-state index in [1.165, 1.54) is 12.4 Å². The zero-order valence-corrected chi connectivity index (χ0v) is 6.84. The molecule has 0 atom stereocenters. The molecule has 0 fully saturated rings. The number of aromatic nitrogens is 3. The molecule has 0 aromatic carbocycles. The fourth-order valence-corrected chi connectivity index (χ4v) is 1.16. The number of aryl methyl sites for hydroxylation is 1. The van der Waals surface area contributed by atoms with Gasteiger partial charge in [0.15, 0.2) is 5.65 Å². The SMILES string of the molecule is Cc1cn2cnnc2cc1[N+](=O)[O-]. The number of nitro groups is 1. The van der Waals surface area contributed by atoms with Crippen LogP contribution in [0.5, 0.6) is 0 Å². The zero-order valence-electron chi connectivity index (χ0n) is 6.84. The van der Waals surface area contributed by atoms with Gasteiger partial charge in [-0.1, -0.05) is 0 Å². The van der Waals surface area contributed by atoms with Crippen LogP contribution in [-0.2, 0) is 0 Å². The standard InChI is InChI=1S/C7H6N4O2/c1-5-3-10-4-8-9-7(10)2-6(5)11(12)13/h2-4H,1H3. The van der Waals surface area contributed by atoms with Gasteiger partial charge in [0.1, 0.15) is 6.33 Å². The Morgan fingerprint density at radius 1 is 1.62 bits per heavy atom. The number of hydrogen-bond donors (Lipinski definition) is 0. The predicted octanol–water partition coefficient (Wildman–Crippen LogP) is 0.946. The first-order valence-electron chi connectivity index (χ1n) is 3.63. The fourth-order valence-electron chi connectivity index (χ4n) is 1.16. The number of hydrogen-bond acceptors (Lipinski definition) is 4. The van der Waals surface area contributed by atoms with Crippen molar-refractivity contribution in [1.29, 1.82) is 0 Å². The van der Waals surface area contributed by atoms with Crippen LogP contribution in [0.4, 0.5) is 5.69 Å². The second-order valence-electron chi connectivity index (χ2n) is 2.70. The number of rotatable bonds is 1. The van der Waals surface area contributed by atoms with E-state index in [0.717, 1.165) is 0 Å². The minimum Gasteiger partial charge on any atom is -0.288 e. The van der Waals surface area contributed by atoms with Crippen molar-refractivity contribution in [1.82, 2.24) is 14.6 Å². The monoisotopic (exact) mass is 178 g/mol. The highest BCUT2D eigenvalue weighted by atomic mass is 16.6. The van der Waals surface area contributed by atoms with E-state index in [-0.39, 0.29) is 5.69 Å². The summed E-state index contributed by atoms with van der Waals surface area (Å²) in [6, 6.07) is 1.41. The van der Waals surface area contributed by atoms with Gasteiger partial charge in [0.05, 0.1) is 11.0 Å². The van der Waals surface area contributed by atoms with Crippen molar-refractivity contribution < 1.29 is 4.92 Å². The Hall–Kier alpha value is -1.98. The maximum absolute atomic E-state index is 10.5. The average Bonchev–Trinajstić information content (AvgIpc) is 2.48. The minimum absolute atomic E-state index is 0.0699. The van der Waals surface area contributed by atoms with Crippen molar-refractivity contribution in [3.8, 4) is 0 Å². The van der Waals surface area contributed by atoms with Crippen molar-refractivity contribution in [2.24, 2.45) is 0 Å². The maximum Gasteiger partial charge on any atom is 0.277 e. The number of fused-ring (bicyclic) bond motifs is 1. The van der Waals surface area contributed by atoms with Crippen LogP contribution in [0, 0.1) is 17.0 Å². The van der Waals surface area contributed by atoms with Crippen molar-refractivity contribution >= 4 is 11.3 Å². The lowest BCUT2D eigenvalue weighted by Crippen LogP contribution is -1.94. The van der Waals surface area contributed by atoms with Crippen LogP contribution in [0.15, 0.2) is 18.6 Å². The van der Waals surface area contributed by atoms with Crippen LogP contribution in [-0.4, -0.2) is 19.5 Å². The predicted molar refractivity (Wildman–Crippen MR) is 44.4 cm³/mol. The lowest BCUT2D eigenvalue weighted by atomic mass is 10.2. The summed E-state index contributed by atoms with van der Waals surface area (Å²) in [5.41, 5.74) is 1.15. The van der Waals surface area contributed by atoms with Gasteiger partial charge in [0.25, 0.3) is 5.69 Å². The first kappa shape index (κ1) is 7.66. The van der Waals surface area contributed by atoms with Gasteiger partial charge in [-0.3, -0.25) is 14.5 Å². The van der Waals surface area contributed by atoms with Crippen molar-refractivity contribution in [3.63, 3.8) is 0 Å². The summed E-state index contributed by atoms with van der Waals surface area (Å²) in [4.78, 5) is 10.1. The Balaban J connectivity index is 2.76. The molecule has 0 radical (unpaired) electrons. The first-order valence-corrected chi connectivity index (χ1v) is 3.63. The Bertz CT molecular complexity index is 476. The third-order valence-corrected chi connectivity index (χ3v) is 1.80. The molecule has 6 nitrogen and oxygen atoms in total. The molecule has 0 aliphatic rings. The van der Waals surface area contributed by atoms with E-state index < -0.39 is 4.92 Å². The van der Waals surface area contributed by atoms with Crippen LogP contribution >= 0.6 is 0 Å².